The van der Waals surface area contributed by atoms with Gasteiger partial charge in [-0.25, -0.2) is 0 Å². The summed E-state index contributed by atoms with van der Waals surface area (Å²) >= 11 is 0. The maximum absolute atomic E-state index is 11.7. The van der Waals surface area contributed by atoms with Crippen LogP contribution in [0.2, 0.25) is 0 Å². The van der Waals surface area contributed by atoms with Gasteiger partial charge in [0.15, 0.2) is 0 Å². The first kappa shape index (κ1) is 13.4. The molecular formula is C16H23N3O. The van der Waals surface area contributed by atoms with Crippen LogP contribution in [0.3, 0.4) is 0 Å². The number of nitrogens with zero attached hydrogens (tertiary/aromatic N) is 1. The summed E-state index contributed by atoms with van der Waals surface area (Å²) in [7, 11) is 1.73. The highest BCUT2D eigenvalue weighted by Crippen LogP contribution is 2.30. The first-order valence-electron chi connectivity index (χ1n) is 7.57. The van der Waals surface area contributed by atoms with E-state index in [4.69, 9.17) is 0 Å². The number of anilines is 1. The highest BCUT2D eigenvalue weighted by atomic mass is 16.1. The van der Waals surface area contributed by atoms with Crippen LogP contribution in [0.15, 0.2) is 18.2 Å². The van der Waals surface area contributed by atoms with Crippen LogP contribution in [-0.2, 0) is 17.8 Å². The van der Waals surface area contributed by atoms with Crippen molar-refractivity contribution in [3.8, 4) is 0 Å². The average molecular weight is 273 g/mol. The van der Waals surface area contributed by atoms with Crippen molar-refractivity contribution in [3.63, 3.8) is 0 Å². The maximum atomic E-state index is 11.7. The molecule has 1 amide bonds. The molecule has 0 saturated carbocycles. The van der Waals surface area contributed by atoms with E-state index in [2.05, 4.69) is 33.7 Å². The van der Waals surface area contributed by atoms with Crippen molar-refractivity contribution in [3.05, 3.63) is 29.3 Å². The lowest BCUT2D eigenvalue weighted by atomic mass is 9.93. The average Bonchev–Trinajstić information content (AvgIpc) is 2.54. The van der Waals surface area contributed by atoms with Gasteiger partial charge in [-0.05, 0) is 43.0 Å². The van der Waals surface area contributed by atoms with Gasteiger partial charge in [0.1, 0.15) is 0 Å². The number of amides is 1. The molecule has 0 spiro atoms. The zero-order chi connectivity index (χ0) is 13.9. The van der Waals surface area contributed by atoms with Gasteiger partial charge in [0.05, 0.1) is 0 Å². The number of benzene rings is 1. The van der Waals surface area contributed by atoms with Gasteiger partial charge in [-0.1, -0.05) is 12.1 Å². The Hall–Kier alpha value is -1.55. The smallest absolute Gasteiger partial charge is 0.222 e. The standard InChI is InChI=1S/C16H23N3O/c1-17-16(20)12-6-9-19(10-7-12)15-4-2-3-13-11-18-8-5-14(13)15/h2-4,12,18H,5-11H2,1H3,(H,17,20). The first-order chi connectivity index (χ1) is 9.79. The number of rotatable bonds is 2. The summed E-state index contributed by atoms with van der Waals surface area (Å²) in [5, 5.41) is 6.20. The van der Waals surface area contributed by atoms with Crippen LogP contribution in [0.25, 0.3) is 0 Å². The fourth-order valence-electron chi connectivity index (χ4n) is 3.39. The van der Waals surface area contributed by atoms with Crippen molar-refractivity contribution < 1.29 is 4.79 Å². The van der Waals surface area contributed by atoms with Crippen molar-refractivity contribution >= 4 is 11.6 Å². The SMILES string of the molecule is CNC(=O)C1CCN(c2cccc3c2CCNC3)CC1. The van der Waals surface area contributed by atoms with Crippen molar-refractivity contribution in [1.29, 1.82) is 0 Å². The van der Waals surface area contributed by atoms with E-state index < -0.39 is 0 Å². The Morgan fingerprint density at radius 3 is 2.90 bits per heavy atom. The zero-order valence-corrected chi connectivity index (χ0v) is 12.1. The first-order valence-corrected chi connectivity index (χ1v) is 7.57. The molecule has 0 aliphatic carbocycles. The Labute approximate surface area is 120 Å². The number of hydrogen-bond donors (Lipinski definition) is 2. The highest BCUT2D eigenvalue weighted by Gasteiger charge is 2.26. The lowest BCUT2D eigenvalue weighted by molar-refractivity contribution is -0.125. The van der Waals surface area contributed by atoms with Gasteiger partial charge in [0.2, 0.25) is 5.91 Å². The Kier molecular flexibility index (Phi) is 3.92. The van der Waals surface area contributed by atoms with E-state index in [1.54, 1.807) is 7.05 Å². The molecule has 0 atom stereocenters. The van der Waals surface area contributed by atoms with Crippen LogP contribution in [-0.4, -0.2) is 32.6 Å². The quantitative estimate of drug-likeness (QED) is 0.853. The summed E-state index contributed by atoms with van der Waals surface area (Å²) in [6.45, 7) is 4.03. The van der Waals surface area contributed by atoms with E-state index in [1.807, 2.05) is 0 Å². The van der Waals surface area contributed by atoms with Crippen LogP contribution < -0.4 is 15.5 Å². The second-order valence-corrected chi connectivity index (χ2v) is 5.72. The van der Waals surface area contributed by atoms with Gasteiger partial charge in [-0.2, -0.15) is 0 Å². The molecule has 0 radical (unpaired) electrons. The minimum atomic E-state index is 0.192. The number of carbonyl (C=O) groups excluding carboxylic acids is 1. The van der Waals surface area contributed by atoms with Crippen LogP contribution >= 0.6 is 0 Å². The topological polar surface area (TPSA) is 44.4 Å². The molecule has 4 nitrogen and oxygen atoms in total. The Morgan fingerprint density at radius 1 is 1.35 bits per heavy atom. The summed E-state index contributed by atoms with van der Waals surface area (Å²) < 4.78 is 0. The minimum Gasteiger partial charge on any atom is -0.371 e. The van der Waals surface area contributed by atoms with E-state index in [9.17, 15) is 4.79 Å². The predicted octanol–water partition coefficient (Wildman–Crippen LogP) is 1.29. The molecule has 2 heterocycles. The van der Waals surface area contributed by atoms with Crippen molar-refractivity contribution in [1.82, 2.24) is 10.6 Å². The van der Waals surface area contributed by atoms with Crippen LogP contribution in [0.5, 0.6) is 0 Å². The van der Waals surface area contributed by atoms with Gasteiger partial charge < -0.3 is 15.5 Å². The second-order valence-electron chi connectivity index (χ2n) is 5.72. The summed E-state index contributed by atoms with van der Waals surface area (Å²) in [6, 6.07) is 6.62. The third kappa shape index (κ3) is 2.52. The molecule has 1 fully saturated rings. The third-order valence-corrected chi connectivity index (χ3v) is 4.57. The summed E-state index contributed by atoms with van der Waals surface area (Å²) in [5.74, 6) is 0.390. The Balaban J connectivity index is 1.74. The molecule has 3 rings (SSSR count). The molecule has 1 aromatic rings. The van der Waals surface area contributed by atoms with E-state index >= 15 is 0 Å². The van der Waals surface area contributed by atoms with Gasteiger partial charge in [-0.3, -0.25) is 4.79 Å². The minimum absolute atomic E-state index is 0.192. The molecule has 2 aliphatic rings. The van der Waals surface area contributed by atoms with Gasteiger partial charge in [0, 0.05) is 38.3 Å². The molecule has 0 aromatic heterocycles. The van der Waals surface area contributed by atoms with Crippen LogP contribution in [0, 0.1) is 5.92 Å². The second kappa shape index (κ2) is 5.83. The van der Waals surface area contributed by atoms with E-state index in [1.165, 1.54) is 16.8 Å². The Bertz CT molecular complexity index is 492. The van der Waals surface area contributed by atoms with E-state index in [-0.39, 0.29) is 11.8 Å². The third-order valence-electron chi connectivity index (χ3n) is 4.57. The number of fused-ring (bicyclic) bond motifs is 1. The maximum Gasteiger partial charge on any atom is 0.222 e. The molecule has 0 bridgehead atoms. The summed E-state index contributed by atoms with van der Waals surface area (Å²) in [4.78, 5) is 14.2. The highest BCUT2D eigenvalue weighted by molar-refractivity contribution is 5.78. The van der Waals surface area contributed by atoms with Crippen molar-refractivity contribution in [2.24, 2.45) is 5.92 Å². The predicted molar refractivity (Wildman–Crippen MR) is 80.9 cm³/mol. The van der Waals surface area contributed by atoms with Crippen LogP contribution in [0.1, 0.15) is 24.0 Å². The normalized spacial score (nSPS) is 19.6. The zero-order valence-electron chi connectivity index (χ0n) is 12.1. The molecule has 4 heteroatoms. The number of piperidine rings is 1. The number of carbonyl (C=O) groups is 1. The van der Waals surface area contributed by atoms with Crippen molar-refractivity contribution in [2.45, 2.75) is 25.8 Å². The van der Waals surface area contributed by atoms with Crippen LogP contribution in [0.4, 0.5) is 5.69 Å². The number of nitrogens with one attached hydrogen (secondary N) is 2. The molecule has 1 aromatic carbocycles. The lowest BCUT2D eigenvalue weighted by Crippen LogP contribution is -2.40. The molecule has 1 saturated heterocycles. The van der Waals surface area contributed by atoms with Crippen molar-refractivity contribution in [2.75, 3.05) is 31.6 Å². The van der Waals surface area contributed by atoms with Gasteiger partial charge >= 0.3 is 0 Å². The Morgan fingerprint density at radius 2 is 2.15 bits per heavy atom. The summed E-state index contributed by atoms with van der Waals surface area (Å²) in [6.07, 6.45) is 3.03. The number of hydrogen-bond acceptors (Lipinski definition) is 3. The van der Waals surface area contributed by atoms with E-state index in [0.29, 0.717) is 0 Å². The summed E-state index contributed by atoms with van der Waals surface area (Å²) in [5.41, 5.74) is 4.33. The fraction of sp³-hybridized carbons (Fsp3) is 0.562. The molecule has 0 unspecified atom stereocenters. The molecular weight excluding hydrogens is 250 g/mol. The lowest BCUT2D eigenvalue weighted by Gasteiger charge is -2.35. The van der Waals surface area contributed by atoms with E-state index in [0.717, 1.165) is 45.4 Å². The van der Waals surface area contributed by atoms with Gasteiger partial charge in [0.25, 0.3) is 0 Å². The monoisotopic (exact) mass is 273 g/mol. The fourth-order valence-corrected chi connectivity index (χ4v) is 3.39. The molecule has 2 aliphatic heterocycles. The largest absolute Gasteiger partial charge is 0.371 e. The molecule has 108 valence electrons. The molecule has 20 heavy (non-hydrogen) atoms. The van der Waals surface area contributed by atoms with Gasteiger partial charge in [-0.15, -0.1) is 0 Å². The molecule has 2 N–H and O–H groups in total.